The Hall–Kier alpha value is -6.79. The first-order chi connectivity index (χ1) is 27.7. The smallest absolute Gasteiger partial charge is 0.164 e. The van der Waals surface area contributed by atoms with E-state index in [0.717, 1.165) is 27.8 Å². The maximum Gasteiger partial charge on any atom is 0.164 e. The summed E-state index contributed by atoms with van der Waals surface area (Å²) in [6, 6.07) is 66.8. The largest absolute Gasteiger partial charge is 0.208 e. The van der Waals surface area contributed by atoms with Gasteiger partial charge in [0, 0.05) is 57.0 Å². The van der Waals surface area contributed by atoms with Crippen LogP contribution in [0.4, 0.5) is 0 Å². The van der Waals surface area contributed by atoms with Crippen LogP contribution in [0, 0.1) is 0 Å². The molecule has 0 fully saturated rings. The first-order valence-corrected chi connectivity index (χ1v) is 20.3. The molecule has 0 bridgehead atoms. The van der Waals surface area contributed by atoms with Crippen molar-refractivity contribution in [1.82, 2.24) is 15.0 Å². The third-order valence-corrected chi connectivity index (χ3v) is 12.8. The molecular formula is C51H31N3S2. The topological polar surface area (TPSA) is 38.7 Å². The monoisotopic (exact) mass is 749 g/mol. The second-order valence-electron chi connectivity index (χ2n) is 14.0. The molecule has 5 heteroatoms. The van der Waals surface area contributed by atoms with E-state index in [1.807, 2.05) is 46.9 Å². The minimum atomic E-state index is 0.645. The van der Waals surface area contributed by atoms with Crippen LogP contribution in [0.2, 0.25) is 0 Å². The molecule has 11 aromatic rings. The van der Waals surface area contributed by atoms with Gasteiger partial charge in [-0.05, 0) is 63.7 Å². The van der Waals surface area contributed by atoms with E-state index in [1.54, 1.807) is 0 Å². The molecule has 262 valence electrons. The fraction of sp³-hybridized carbons (Fsp3) is 0. The lowest BCUT2D eigenvalue weighted by Gasteiger charge is -2.10. The lowest BCUT2D eigenvalue weighted by atomic mass is 9.95. The Labute approximate surface area is 331 Å². The maximum atomic E-state index is 5.15. The first-order valence-electron chi connectivity index (χ1n) is 18.7. The van der Waals surface area contributed by atoms with Crippen LogP contribution in [0.3, 0.4) is 0 Å². The highest BCUT2D eigenvalue weighted by molar-refractivity contribution is 7.26. The molecule has 3 nitrogen and oxygen atoms in total. The zero-order valence-corrected chi connectivity index (χ0v) is 31.7. The molecule has 3 heterocycles. The van der Waals surface area contributed by atoms with Gasteiger partial charge in [0.1, 0.15) is 0 Å². The van der Waals surface area contributed by atoms with Crippen molar-refractivity contribution in [2.24, 2.45) is 0 Å². The van der Waals surface area contributed by atoms with Crippen LogP contribution in [0.15, 0.2) is 188 Å². The lowest BCUT2D eigenvalue weighted by Crippen LogP contribution is -2.00. The summed E-state index contributed by atoms with van der Waals surface area (Å²) in [5.41, 5.74) is 10.0. The predicted molar refractivity (Wildman–Crippen MR) is 238 cm³/mol. The van der Waals surface area contributed by atoms with Gasteiger partial charge in [0.15, 0.2) is 17.5 Å². The summed E-state index contributed by atoms with van der Waals surface area (Å²) < 4.78 is 5.10. The Kier molecular flexibility index (Phi) is 7.87. The number of fused-ring (bicyclic) bond motifs is 6. The molecule has 0 spiro atoms. The van der Waals surface area contributed by atoms with Crippen molar-refractivity contribution in [3.05, 3.63) is 188 Å². The summed E-state index contributed by atoms with van der Waals surface area (Å²) in [6.45, 7) is 0. The highest BCUT2D eigenvalue weighted by Gasteiger charge is 2.18. The zero-order chi connectivity index (χ0) is 37.0. The molecule has 56 heavy (non-hydrogen) atoms. The molecule has 0 atom stereocenters. The molecule has 0 unspecified atom stereocenters. The number of benzene rings is 8. The molecule has 0 saturated carbocycles. The van der Waals surface area contributed by atoms with Crippen molar-refractivity contribution < 1.29 is 0 Å². The molecule has 3 aromatic heterocycles. The Morgan fingerprint density at radius 1 is 0.268 bits per heavy atom. The van der Waals surface area contributed by atoms with Crippen LogP contribution >= 0.6 is 22.7 Å². The summed E-state index contributed by atoms with van der Waals surface area (Å²) in [5.74, 6) is 1.95. The number of thiophene rings is 2. The van der Waals surface area contributed by atoms with Gasteiger partial charge in [-0.1, -0.05) is 158 Å². The minimum absolute atomic E-state index is 0.645. The molecule has 0 saturated heterocycles. The van der Waals surface area contributed by atoms with E-state index in [0.29, 0.717) is 17.5 Å². The van der Waals surface area contributed by atoms with Crippen LogP contribution in [-0.4, -0.2) is 15.0 Å². The fourth-order valence-electron chi connectivity index (χ4n) is 7.86. The Morgan fingerprint density at radius 3 is 1.38 bits per heavy atom. The Bertz CT molecular complexity index is 3240. The summed E-state index contributed by atoms with van der Waals surface area (Å²) in [7, 11) is 0. The van der Waals surface area contributed by atoms with Crippen molar-refractivity contribution in [3.63, 3.8) is 0 Å². The van der Waals surface area contributed by atoms with Gasteiger partial charge in [-0.3, -0.25) is 0 Å². The summed E-state index contributed by atoms with van der Waals surface area (Å²) in [4.78, 5) is 15.3. The van der Waals surface area contributed by atoms with Crippen molar-refractivity contribution in [3.8, 4) is 67.5 Å². The van der Waals surface area contributed by atoms with Gasteiger partial charge >= 0.3 is 0 Å². The van der Waals surface area contributed by atoms with Crippen molar-refractivity contribution >= 4 is 63.0 Å². The van der Waals surface area contributed by atoms with Gasteiger partial charge in [-0.15, -0.1) is 22.7 Å². The van der Waals surface area contributed by atoms with Crippen molar-refractivity contribution in [2.45, 2.75) is 0 Å². The zero-order valence-electron chi connectivity index (χ0n) is 30.1. The normalized spacial score (nSPS) is 11.6. The predicted octanol–water partition coefficient (Wildman–Crippen LogP) is 14.6. The van der Waals surface area contributed by atoms with Crippen molar-refractivity contribution in [2.75, 3.05) is 0 Å². The molecule has 11 rings (SSSR count). The first kappa shape index (κ1) is 32.6. The summed E-state index contributed by atoms with van der Waals surface area (Å²) in [6.07, 6.45) is 0. The molecular weight excluding hydrogens is 719 g/mol. The molecule has 0 aliphatic heterocycles. The number of rotatable bonds is 6. The van der Waals surface area contributed by atoms with E-state index in [9.17, 15) is 0 Å². The highest BCUT2D eigenvalue weighted by Crippen LogP contribution is 2.46. The Balaban J connectivity index is 1.02. The van der Waals surface area contributed by atoms with E-state index >= 15 is 0 Å². The van der Waals surface area contributed by atoms with E-state index < -0.39 is 0 Å². The average molecular weight is 750 g/mol. The van der Waals surface area contributed by atoms with Crippen LogP contribution in [0.1, 0.15) is 0 Å². The number of hydrogen-bond donors (Lipinski definition) is 0. The van der Waals surface area contributed by atoms with Gasteiger partial charge in [-0.2, -0.15) is 0 Å². The second-order valence-corrected chi connectivity index (χ2v) is 16.1. The van der Waals surface area contributed by atoms with Gasteiger partial charge in [0.05, 0.1) is 0 Å². The number of nitrogens with zero attached hydrogens (tertiary/aromatic N) is 3. The standard InChI is InChI=1S/C51H31N3S2/c1-3-12-32(13-4-1)33-24-26-34(27-25-33)36-16-9-17-37(30-36)50-52-49(35-14-5-2-6-15-35)53-51(54-50)38-28-29-42-46(31-38)56-45-23-11-20-40(48(42)45)39-19-10-22-44-47(39)41-18-7-8-21-43(41)55-44/h1-31H. The third-order valence-electron chi connectivity index (χ3n) is 10.6. The van der Waals surface area contributed by atoms with E-state index in [1.165, 1.54) is 62.6 Å². The molecule has 0 radical (unpaired) electrons. The molecule has 0 aliphatic carbocycles. The van der Waals surface area contributed by atoms with Crippen LogP contribution in [-0.2, 0) is 0 Å². The lowest BCUT2D eigenvalue weighted by molar-refractivity contribution is 1.07. The average Bonchev–Trinajstić information content (AvgIpc) is 3.85. The van der Waals surface area contributed by atoms with Crippen molar-refractivity contribution in [1.29, 1.82) is 0 Å². The summed E-state index contributed by atoms with van der Waals surface area (Å²) in [5, 5.41) is 5.17. The van der Waals surface area contributed by atoms with Crippen LogP contribution in [0.5, 0.6) is 0 Å². The van der Waals surface area contributed by atoms with Crippen LogP contribution < -0.4 is 0 Å². The van der Waals surface area contributed by atoms with Gasteiger partial charge in [0.25, 0.3) is 0 Å². The van der Waals surface area contributed by atoms with Gasteiger partial charge < -0.3 is 0 Å². The molecule has 0 aliphatic rings. The quantitative estimate of drug-likeness (QED) is 0.170. The van der Waals surface area contributed by atoms with Gasteiger partial charge in [-0.25, -0.2) is 15.0 Å². The van der Waals surface area contributed by atoms with E-state index in [4.69, 9.17) is 15.0 Å². The SMILES string of the molecule is c1ccc(-c2ccc(-c3cccc(-c4nc(-c5ccccc5)nc(-c5ccc6c(c5)sc5cccc(-c7cccc8sc9ccccc9c78)c56)n4)c3)cc2)cc1. The number of aromatic nitrogens is 3. The number of hydrogen-bond acceptors (Lipinski definition) is 5. The van der Waals surface area contributed by atoms with Gasteiger partial charge in [0.2, 0.25) is 0 Å². The minimum Gasteiger partial charge on any atom is -0.208 e. The molecule has 0 amide bonds. The fourth-order valence-corrected chi connectivity index (χ4v) is 10.2. The molecule has 8 aromatic carbocycles. The Morgan fingerprint density at radius 2 is 0.696 bits per heavy atom. The second kappa shape index (κ2) is 13.5. The van der Waals surface area contributed by atoms with E-state index in [-0.39, 0.29) is 0 Å². The summed E-state index contributed by atoms with van der Waals surface area (Å²) >= 11 is 3.68. The maximum absolute atomic E-state index is 5.15. The highest BCUT2D eigenvalue weighted by atomic mass is 32.1. The molecule has 0 N–H and O–H groups in total. The van der Waals surface area contributed by atoms with E-state index in [2.05, 4.69) is 164 Å². The van der Waals surface area contributed by atoms with Crippen LogP contribution in [0.25, 0.3) is 108 Å². The third kappa shape index (κ3) is 5.68.